The van der Waals surface area contributed by atoms with E-state index in [0.29, 0.717) is 23.0 Å². The number of carbonyl (C=O) groups excluding carboxylic acids is 1. The molecule has 170 valence electrons. The molecule has 0 aliphatic heterocycles. The molecule has 0 bridgehead atoms. The Kier molecular flexibility index (Phi) is 6.39. The van der Waals surface area contributed by atoms with Crippen LogP contribution >= 0.6 is 0 Å². The molecular formula is C24H25N5O4. The van der Waals surface area contributed by atoms with Crippen LogP contribution in [0.1, 0.15) is 25.7 Å². The molecule has 9 nitrogen and oxygen atoms in total. The maximum Gasteiger partial charge on any atom is 0.261 e. The highest BCUT2D eigenvalue weighted by atomic mass is 16.5. The second kappa shape index (κ2) is 9.56. The average Bonchev–Trinajstić information content (AvgIpc) is 3.28. The molecule has 1 N–H and O–H groups in total. The van der Waals surface area contributed by atoms with E-state index in [2.05, 4.69) is 20.4 Å². The van der Waals surface area contributed by atoms with Gasteiger partial charge in [-0.05, 0) is 50.2 Å². The van der Waals surface area contributed by atoms with Crippen molar-refractivity contribution in [2.75, 3.05) is 14.2 Å². The quantitative estimate of drug-likeness (QED) is 0.442. The van der Waals surface area contributed by atoms with E-state index >= 15 is 0 Å². The van der Waals surface area contributed by atoms with Crippen LogP contribution < -0.4 is 19.5 Å². The molecule has 0 aliphatic rings. The highest BCUT2D eigenvalue weighted by molar-refractivity contribution is 5.81. The molecule has 2 aromatic heterocycles. The summed E-state index contributed by atoms with van der Waals surface area (Å²) in [5, 5.41) is 7.34. The highest BCUT2D eigenvalue weighted by Crippen LogP contribution is 2.27. The molecule has 0 saturated carbocycles. The first-order chi connectivity index (χ1) is 16.0. The number of nitrogens with zero attached hydrogens (tertiary/aromatic N) is 4. The van der Waals surface area contributed by atoms with E-state index in [0.717, 1.165) is 17.0 Å². The molecule has 4 rings (SSSR count). The summed E-state index contributed by atoms with van der Waals surface area (Å²) in [5.41, 5.74) is 2.33. The van der Waals surface area contributed by atoms with Gasteiger partial charge in [0.25, 0.3) is 5.91 Å². The molecule has 1 unspecified atom stereocenters. The van der Waals surface area contributed by atoms with Crippen LogP contribution in [-0.2, 0) is 4.79 Å². The number of nitrogens with one attached hydrogen (secondary N) is 1. The van der Waals surface area contributed by atoms with Crippen molar-refractivity contribution in [1.82, 2.24) is 24.9 Å². The molecule has 33 heavy (non-hydrogen) atoms. The number of methoxy groups -OCH3 is 2. The molecule has 9 heteroatoms. The van der Waals surface area contributed by atoms with Gasteiger partial charge in [-0.25, -0.2) is 14.5 Å². The first kappa shape index (κ1) is 22.1. The van der Waals surface area contributed by atoms with Crippen molar-refractivity contribution in [3.05, 3.63) is 66.7 Å². The first-order valence-electron chi connectivity index (χ1n) is 10.4. The fourth-order valence-electron chi connectivity index (χ4n) is 3.27. The lowest BCUT2D eigenvalue weighted by Crippen LogP contribution is -2.38. The van der Waals surface area contributed by atoms with Gasteiger partial charge in [0.1, 0.15) is 12.1 Å². The number of rotatable bonds is 8. The second-order valence-electron chi connectivity index (χ2n) is 7.42. The third-order valence-electron chi connectivity index (χ3n) is 5.12. The minimum Gasteiger partial charge on any atom is -0.497 e. The highest BCUT2D eigenvalue weighted by Gasteiger charge is 2.21. The van der Waals surface area contributed by atoms with Crippen molar-refractivity contribution in [2.45, 2.75) is 26.0 Å². The normalized spacial score (nSPS) is 12.7. The first-order valence-corrected chi connectivity index (χ1v) is 10.4. The number of fused-ring (bicyclic) bond motifs is 1. The van der Waals surface area contributed by atoms with Crippen LogP contribution in [0.4, 0.5) is 0 Å². The minimum absolute atomic E-state index is 0.288. The van der Waals surface area contributed by atoms with E-state index in [1.54, 1.807) is 44.1 Å². The Hall–Kier alpha value is -4.14. The van der Waals surface area contributed by atoms with Crippen LogP contribution in [0.2, 0.25) is 0 Å². The number of hydrogen-bond acceptors (Lipinski definition) is 7. The van der Waals surface area contributed by atoms with Crippen LogP contribution in [0.5, 0.6) is 17.2 Å². The Balaban J connectivity index is 1.46. The van der Waals surface area contributed by atoms with E-state index in [-0.39, 0.29) is 5.91 Å². The summed E-state index contributed by atoms with van der Waals surface area (Å²) in [4.78, 5) is 21.7. The molecule has 0 spiro atoms. The number of para-hydroxylation sites is 2. The largest absolute Gasteiger partial charge is 0.497 e. The monoisotopic (exact) mass is 447 g/mol. The minimum atomic E-state index is -0.732. The van der Waals surface area contributed by atoms with E-state index < -0.39 is 12.1 Å². The molecule has 1 amide bonds. The number of carbonyl (C=O) groups is 1. The van der Waals surface area contributed by atoms with Gasteiger partial charge in [0.15, 0.2) is 29.1 Å². The van der Waals surface area contributed by atoms with Gasteiger partial charge in [-0.1, -0.05) is 12.1 Å². The standard InChI is InChI=1S/C24H25N5O4/c1-15(26-24(30)16(2)33-21-8-6-5-7-20(21)32-4)23-27-22-13-19(25-14-29(22)28-23)17-9-11-18(31-3)12-10-17/h5-16H,1-4H3,(H,26,30)/t15-,16?/m1/s1. The molecule has 0 radical (unpaired) electrons. The van der Waals surface area contributed by atoms with Gasteiger partial charge < -0.3 is 19.5 Å². The maximum atomic E-state index is 12.7. The molecule has 0 saturated heterocycles. The third-order valence-corrected chi connectivity index (χ3v) is 5.12. The summed E-state index contributed by atoms with van der Waals surface area (Å²) >= 11 is 0. The van der Waals surface area contributed by atoms with Crippen molar-refractivity contribution in [3.63, 3.8) is 0 Å². The summed E-state index contributed by atoms with van der Waals surface area (Å²) in [6, 6.07) is 16.2. The van der Waals surface area contributed by atoms with Crippen molar-refractivity contribution >= 4 is 11.6 Å². The predicted molar refractivity (Wildman–Crippen MR) is 122 cm³/mol. The Morgan fingerprint density at radius 3 is 2.42 bits per heavy atom. The van der Waals surface area contributed by atoms with Crippen LogP contribution in [0.3, 0.4) is 0 Å². The molecule has 4 aromatic rings. The summed E-state index contributed by atoms with van der Waals surface area (Å²) in [7, 11) is 3.18. The summed E-state index contributed by atoms with van der Waals surface area (Å²) in [6.07, 6.45) is 0.872. The lowest BCUT2D eigenvalue weighted by molar-refractivity contribution is -0.128. The number of hydrogen-bond donors (Lipinski definition) is 1. The summed E-state index contributed by atoms with van der Waals surface area (Å²) < 4.78 is 17.8. The van der Waals surface area contributed by atoms with Crippen molar-refractivity contribution < 1.29 is 19.0 Å². The Morgan fingerprint density at radius 1 is 1.00 bits per heavy atom. The van der Waals surface area contributed by atoms with Gasteiger partial charge in [0.05, 0.1) is 26.0 Å². The molecule has 2 aromatic carbocycles. The van der Waals surface area contributed by atoms with E-state index in [1.165, 1.54) is 0 Å². The van der Waals surface area contributed by atoms with Gasteiger partial charge in [-0.2, -0.15) is 0 Å². The average molecular weight is 447 g/mol. The molecular weight excluding hydrogens is 422 g/mol. The van der Waals surface area contributed by atoms with Gasteiger partial charge in [0.2, 0.25) is 0 Å². The fraction of sp³-hybridized carbons (Fsp3) is 0.250. The summed E-state index contributed by atoms with van der Waals surface area (Å²) in [5.74, 6) is 2.02. The van der Waals surface area contributed by atoms with Gasteiger partial charge in [-0.15, -0.1) is 5.10 Å². The van der Waals surface area contributed by atoms with Gasteiger partial charge in [-0.3, -0.25) is 4.79 Å². The Labute approximate surface area is 191 Å². The van der Waals surface area contributed by atoms with E-state index in [1.807, 2.05) is 49.4 Å². The smallest absolute Gasteiger partial charge is 0.261 e. The van der Waals surface area contributed by atoms with Crippen LogP contribution in [0.25, 0.3) is 16.9 Å². The molecule has 2 atom stereocenters. The molecule has 2 heterocycles. The van der Waals surface area contributed by atoms with E-state index in [4.69, 9.17) is 14.2 Å². The number of ether oxygens (including phenoxy) is 3. The zero-order valence-corrected chi connectivity index (χ0v) is 18.9. The van der Waals surface area contributed by atoms with E-state index in [9.17, 15) is 4.79 Å². The van der Waals surface area contributed by atoms with Gasteiger partial charge >= 0.3 is 0 Å². The number of benzene rings is 2. The topological polar surface area (TPSA) is 99.9 Å². The third kappa shape index (κ3) is 4.87. The SMILES string of the molecule is COc1ccc(-c2cc3nc([C@@H](C)NC(=O)C(C)Oc4ccccc4OC)nn3cn2)cc1. The van der Waals surface area contributed by atoms with Crippen LogP contribution in [0, 0.1) is 0 Å². The molecule has 0 aliphatic carbocycles. The zero-order chi connectivity index (χ0) is 23.4. The Morgan fingerprint density at radius 2 is 1.73 bits per heavy atom. The summed E-state index contributed by atoms with van der Waals surface area (Å²) in [6.45, 7) is 3.50. The van der Waals surface area contributed by atoms with Crippen molar-refractivity contribution in [3.8, 4) is 28.5 Å². The van der Waals surface area contributed by atoms with Crippen molar-refractivity contribution in [2.24, 2.45) is 0 Å². The number of aromatic nitrogens is 4. The zero-order valence-electron chi connectivity index (χ0n) is 18.9. The van der Waals surface area contributed by atoms with Crippen molar-refractivity contribution in [1.29, 1.82) is 0 Å². The van der Waals surface area contributed by atoms with Crippen LogP contribution in [-0.4, -0.2) is 45.8 Å². The maximum absolute atomic E-state index is 12.7. The fourth-order valence-corrected chi connectivity index (χ4v) is 3.27. The lowest BCUT2D eigenvalue weighted by Gasteiger charge is -2.18. The van der Waals surface area contributed by atoms with Gasteiger partial charge in [0, 0.05) is 11.6 Å². The second-order valence-corrected chi connectivity index (χ2v) is 7.42. The number of amides is 1. The van der Waals surface area contributed by atoms with Crippen LogP contribution in [0.15, 0.2) is 60.9 Å². The lowest BCUT2D eigenvalue weighted by atomic mass is 10.1. The predicted octanol–water partition coefficient (Wildman–Crippen LogP) is 3.45. The molecule has 0 fully saturated rings. The Bertz CT molecular complexity index is 1260.